The average molecular weight is 401 g/mol. The highest BCUT2D eigenvalue weighted by molar-refractivity contribution is 5.94. The molecule has 0 unspecified atom stereocenters. The van der Waals surface area contributed by atoms with Crippen LogP contribution in [0.5, 0.6) is 11.5 Å². The van der Waals surface area contributed by atoms with Crippen LogP contribution in [0.3, 0.4) is 0 Å². The number of rotatable bonds is 8. The lowest BCUT2D eigenvalue weighted by Gasteiger charge is -2.20. The molecule has 2 aromatic rings. The number of hydrogen-bond acceptors (Lipinski definition) is 8. The predicted octanol–water partition coefficient (Wildman–Crippen LogP) is 3.18. The lowest BCUT2D eigenvalue weighted by atomic mass is 10.1. The number of Topliss-reactive ketones (excluding diaryl/α,β-unsaturated/α-hetero) is 1. The summed E-state index contributed by atoms with van der Waals surface area (Å²) >= 11 is 0. The number of hydrogen-bond donors (Lipinski definition) is 0. The molecule has 0 radical (unpaired) electrons. The quantitative estimate of drug-likeness (QED) is 0.287. The summed E-state index contributed by atoms with van der Waals surface area (Å²) in [5.41, 5.74) is 1.39. The van der Waals surface area contributed by atoms with Gasteiger partial charge in [-0.25, -0.2) is 0 Å². The summed E-state index contributed by atoms with van der Waals surface area (Å²) in [5, 5.41) is 11.1. The molecule has 0 saturated heterocycles. The van der Waals surface area contributed by atoms with Gasteiger partial charge in [0.2, 0.25) is 0 Å². The van der Waals surface area contributed by atoms with Crippen molar-refractivity contribution < 1.29 is 33.5 Å². The second-order valence-corrected chi connectivity index (χ2v) is 6.30. The van der Waals surface area contributed by atoms with Gasteiger partial charge in [-0.15, -0.1) is 0 Å². The van der Waals surface area contributed by atoms with Gasteiger partial charge in [0.15, 0.2) is 12.6 Å². The van der Waals surface area contributed by atoms with Crippen molar-refractivity contribution in [2.45, 2.75) is 26.6 Å². The molecule has 0 fully saturated rings. The molecule has 0 atom stereocenters. The van der Waals surface area contributed by atoms with E-state index >= 15 is 0 Å². The van der Waals surface area contributed by atoms with Crippen molar-refractivity contribution in [3.63, 3.8) is 0 Å². The molecular formula is C20H19NO8. The zero-order valence-corrected chi connectivity index (χ0v) is 15.7. The maximum Gasteiger partial charge on any atom is 0.309 e. The number of esters is 1. The third-order valence-corrected chi connectivity index (χ3v) is 4.21. The maximum atomic E-state index is 12.0. The van der Waals surface area contributed by atoms with Crippen molar-refractivity contribution in [1.29, 1.82) is 0 Å². The zero-order chi connectivity index (χ0) is 20.8. The van der Waals surface area contributed by atoms with E-state index in [0.29, 0.717) is 28.2 Å². The Morgan fingerprint density at radius 2 is 1.97 bits per heavy atom. The summed E-state index contributed by atoms with van der Waals surface area (Å²) in [6.45, 7) is 1.63. The van der Waals surface area contributed by atoms with Crippen LogP contribution >= 0.6 is 0 Å². The number of nitro groups is 1. The molecule has 0 aliphatic carbocycles. The summed E-state index contributed by atoms with van der Waals surface area (Å²) in [6, 6.07) is 9.29. The van der Waals surface area contributed by atoms with E-state index in [1.165, 1.54) is 19.1 Å². The van der Waals surface area contributed by atoms with E-state index in [0.717, 1.165) is 0 Å². The van der Waals surface area contributed by atoms with Crippen LogP contribution < -0.4 is 9.47 Å². The highest BCUT2D eigenvalue weighted by atomic mass is 16.7. The third kappa shape index (κ3) is 5.29. The molecule has 152 valence electrons. The molecule has 0 bridgehead atoms. The third-order valence-electron chi connectivity index (χ3n) is 4.21. The molecule has 9 nitrogen and oxygen atoms in total. The number of ether oxygens (including phenoxy) is 4. The van der Waals surface area contributed by atoms with Crippen molar-refractivity contribution in [2.24, 2.45) is 0 Å². The largest absolute Gasteiger partial charge is 0.493 e. The van der Waals surface area contributed by atoms with Gasteiger partial charge in [-0.3, -0.25) is 19.7 Å². The molecule has 0 amide bonds. The van der Waals surface area contributed by atoms with Crippen molar-refractivity contribution >= 4 is 17.4 Å². The second kappa shape index (κ2) is 9.16. The van der Waals surface area contributed by atoms with Gasteiger partial charge >= 0.3 is 5.97 Å². The minimum Gasteiger partial charge on any atom is -0.493 e. The molecule has 0 N–H and O–H groups in total. The van der Waals surface area contributed by atoms with E-state index in [4.69, 9.17) is 18.9 Å². The monoisotopic (exact) mass is 401 g/mol. The number of carbonyl (C=O) groups is 2. The van der Waals surface area contributed by atoms with Gasteiger partial charge < -0.3 is 18.9 Å². The Hall–Kier alpha value is -3.46. The lowest BCUT2D eigenvalue weighted by Crippen LogP contribution is -2.15. The van der Waals surface area contributed by atoms with Gasteiger partial charge in [0.05, 0.1) is 24.6 Å². The van der Waals surface area contributed by atoms with E-state index < -0.39 is 10.9 Å². The van der Waals surface area contributed by atoms with Crippen LogP contribution in [0.15, 0.2) is 36.4 Å². The zero-order valence-electron chi connectivity index (χ0n) is 15.7. The first-order valence-electron chi connectivity index (χ1n) is 8.84. The number of nitro benzene ring substituents is 1. The normalized spacial score (nSPS) is 12.4. The standard InChI is InChI=1S/C20H19NO8/c1-13(22)14-2-4-18(5-3-14)27-7-6-19(23)28-11-16-9-17(21(24)25)8-15-10-26-12-29-20(15)16/h2-5,8-9H,6-7,10-12H2,1H3. The second-order valence-electron chi connectivity index (χ2n) is 6.30. The average Bonchev–Trinajstić information content (AvgIpc) is 2.72. The minimum absolute atomic E-state index is 0.00442. The molecule has 0 aromatic heterocycles. The Morgan fingerprint density at radius 3 is 2.66 bits per heavy atom. The van der Waals surface area contributed by atoms with Crippen LogP contribution in [0.25, 0.3) is 0 Å². The SMILES string of the molecule is CC(=O)c1ccc(OCCC(=O)OCc2cc([N+](=O)[O-])cc3c2OCOC3)cc1. The van der Waals surface area contributed by atoms with Gasteiger partial charge in [-0.1, -0.05) is 0 Å². The van der Waals surface area contributed by atoms with Gasteiger partial charge in [0, 0.05) is 28.8 Å². The van der Waals surface area contributed by atoms with E-state index in [1.54, 1.807) is 24.3 Å². The molecule has 2 aromatic carbocycles. The number of carbonyl (C=O) groups excluding carboxylic acids is 2. The van der Waals surface area contributed by atoms with Crippen molar-refractivity contribution in [3.8, 4) is 11.5 Å². The summed E-state index contributed by atoms with van der Waals surface area (Å²) in [4.78, 5) is 33.8. The highest BCUT2D eigenvalue weighted by Gasteiger charge is 2.21. The van der Waals surface area contributed by atoms with Crippen LogP contribution in [0.4, 0.5) is 5.69 Å². The first-order valence-corrected chi connectivity index (χ1v) is 8.84. The van der Waals surface area contributed by atoms with Crippen LogP contribution in [0, 0.1) is 10.1 Å². The van der Waals surface area contributed by atoms with E-state index in [9.17, 15) is 19.7 Å². The number of non-ortho nitro benzene ring substituents is 1. The van der Waals surface area contributed by atoms with Gasteiger partial charge in [-0.2, -0.15) is 0 Å². The highest BCUT2D eigenvalue weighted by Crippen LogP contribution is 2.33. The lowest BCUT2D eigenvalue weighted by molar-refractivity contribution is -0.385. The first kappa shape index (κ1) is 20.3. The number of benzene rings is 2. The summed E-state index contributed by atoms with van der Waals surface area (Å²) in [7, 11) is 0. The molecule has 3 rings (SSSR count). The molecule has 29 heavy (non-hydrogen) atoms. The Morgan fingerprint density at radius 1 is 1.21 bits per heavy atom. The molecule has 1 aliphatic heterocycles. The predicted molar refractivity (Wildman–Crippen MR) is 99.7 cm³/mol. The smallest absolute Gasteiger partial charge is 0.309 e. The summed E-state index contributed by atoms with van der Waals surface area (Å²) in [6.07, 6.45) is -0.00442. The number of nitrogens with zero attached hydrogens (tertiary/aromatic N) is 1. The summed E-state index contributed by atoms with van der Waals surface area (Å²) in [5.74, 6) is 0.414. The fourth-order valence-corrected chi connectivity index (χ4v) is 2.76. The number of fused-ring (bicyclic) bond motifs is 1. The molecule has 9 heteroatoms. The van der Waals surface area contributed by atoms with Crippen LogP contribution in [-0.2, 0) is 27.5 Å². The van der Waals surface area contributed by atoms with E-state index in [2.05, 4.69) is 0 Å². The van der Waals surface area contributed by atoms with E-state index in [-0.39, 0.29) is 44.5 Å². The molecular weight excluding hydrogens is 382 g/mol. The minimum atomic E-state index is -0.522. The topological polar surface area (TPSA) is 114 Å². The summed E-state index contributed by atoms with van der Waals surface area (Å²) < 4.78 is 21.2. The Balaban J connectivity index is 1.53. The van der Waals surface area contributed by atoms with Crippen LogP contribution in [-0.4, -0.2) is 30.1 Å². The van der Waals surface area contributed by atoms with Gasteiger partial charge in [0.25, 0.3) is 5.69 Å². The molecule has 1 heterocycles. The maximum absolute atomic E-state index is 12.0. The van der Waals surface area contributed by atoms with Gasteiger partial charge in [-0.05, 0) is 31.2 Å². The Bertz CT molecular complexity index is 923. The molecule has 1 aliphatic rings. The van der Waals surface area contributed by atoms with Crippen LogP contribution in [0.1, 0.15) is 34.8 Å². The van der Waals surface area contributed by atoms with E-state index in [1.807, 2.05) is 0 Å². The molecule has 0 saturated carbocycles. The number of ketones is 1. The van der Waals surface area contributed by atoms with Crippen molar-refractivity contribution in [3.05, 3.63) is 63.2 Å². The van der Waals surface area contributed by atoms with Crippen molar-refractivity contribution in [1.82, 2.24) is 0 Å². The fraction of sp³-hybridized carbons (Fsp3) is 0.300. The molecule has 0 spiro atoms. The van der Waals surface area contributed by atoms with Crippen molar-refractivity contribution in [2.75, 3.05) is 13.4 Å². The first-order chi connectivity index (χ1) is 13.9. The fourth-order valence-electron chi connectivity index (χ4n) is 2.76. The van der Waals surface area contributed by atoms with Crippen LogP contribution in [0.2, 0.25) is 0 Å². The van der Waals surface area contributed by atoms with Gasteiger partial charge in [0.1, 0.15) is 18.1 Å². The Kier molecular flexibility index (Phi) is 6.40. The Labute approximate surface area is 166 Å².